The molecule has 6 nitrogen and oxygen atoms in total. The van der Waals surface area contributed by atoms with E-state index in [1.165, 1.54) is 19.3 Å². The molecule has 1 aromatic rings. The summed E-state index contributed by atoms with van der Waals surface area (Å²) in [6.07, 6.45) is 6.17. The second-order valence-corrected chi connectivity index (χ2v) is 6.40. The molecule has 0 atom stereocenters. The number of amides is 3. The van der Waals surface area contributed by atoms with E-state index in [4.69, 9.17) is 11.5 Å². The summed E-state index contributed by atoms with van der Waals surface area (Å²) in [5.41, 5.74) is 12.6. The van der Waals surface area contributed by atoms with Gasteiger partial charge in [-0.15, -0.1) is 12.4 Å². The third-order valence-corrected chi connectivity index (χ3v) is 4.59. The van der Waals surface area contributed by atoms with Crippen LogP contribution in [0.15, 0.2) is 24.3 Å². The lowest BCUT2D eigenvalue weighted by molar-refractivity contribution is -0.124. The minimum absolute atomic E-state index is 0. The number of carbonyl (C=O) groups is 2. The average Bonchev–Trinajstić information content (AvgIpc) is 2.54. The van der Waals surface area contributed by atoms with Crippen molar-refractivity contribution in [2.45, 2.75) is 45.1 Å². The normalized spacial score (nSPS) is 15.9. The first-order valence-electron chi connectivity index (χ1n) is 8.15. The summed E-state index contributed by atoms with van der Waals surface area (Å²) in [5, 5.41) is 5.46. The zero-order valence-corrected chi connectivity index (χ0v) is 14.7. The van der Waals surface area contributed by atoms with Crippen molar-refractivity contribution in [3.05, 3.63) is 29.8 Å². The second-order valence-electron chi connectivity index (χ2n) is 6.40. The summed E-state index contributed by atoms with van der Waals surface area (Å²) in [4.78, 5) is 23.0. The van der Waals surface area contributed by atoms with Crippen LogP contribution >= 0.6 is 12.4 Å². The van der Waals surface area contributed by atoms with Gasteiger partial charge in [-0.3, -0.25) is 4.79 Å². The molecule has 0 aliphatic heterocycles. The molecule has 7 heteroatoms. The average molecular weight is 355 g/mol. The molecule has 24 heavy (non-hydrogen) atoms. The number of nitrogens with two attached hydrogens (primary N) is 2. The van der Waals surface area contributed by atoms with Crippen LogP contribution in [0.3, 0.4) is 0 Å². The minimum atomic E-state index is -0.592. The van der Waals surface area contributed by atoms with Crippen molar-refractivity contribution in [2.24, 2.45) is 16.9 Å². The third-order valence-electron chi connectivity index (χ3n) is 4.59. The number of anilines is 1. The van der Waals surface area contributed by atoms with Crippen LogP contribution in [0, 0.1) is 5.41 Å². The summed E-state index contributed by atoms with van der Waals surface area (Å²) >= 11 is 0. The van der Waals surface area contributed by atoms with Crippen molar-refractivity contribution in [2.75, 3.05) is 11.9 Å². The Hall–Kier alpha value is -1.79. The first-order chi connectivity index (χ1) is 11.0. The van der Waals surface area contributed by atoms with Crippen molar-refractivity contribution in [1.29, 1.82) is 0 Å². The Kier molecular flexibility index (Phi) is 8.01. The molecule has 1 fully saturated rings. The highest BCUT2D eigenvalue weighted by Gasteiger charge is 2.32. The van der Waals surface area contributed by atoms with E-state index in [0.29, 0.717) is 25.2 Å². The molecule has 0 bridgehead atoms. The van der Waals surface area contributed by atoms with E-state index in [2.05, 4.69) is 10.6 Å². The van der Waals surface area contributed by atoms with Gasteiger partial charge >= 0.3 is 6.03 Å². The first-order valence-corrected chi connectivity index (χ1v) is 8.15. The maximum Gasteiger partial charge on any atom is 0.316 e. The molecule has 134 valence electrons. The number of hydrogen-bond donors (Lipinski definition) is 4. The van der Waals surface area contributed by atoms with Gasteiger partial charge in [-0.2, -0.15) is 0 Å². The van der Waals surface area contributed by atoms with Crippen molar-refractivity contribution < 1.29 is 9.59 Å². The fraction of sp³-hybridized carbons (Fsp3) is 0.529. The molecule has 0 unspecified atom stereocenters. The van der Waals surface area contributed by atoms with Gasteiger partial charge in [0.1, 0.15) is 0 Å². The topological polar surface area (TPSA) is 110 Å². The number of urea groups is 1. The minimum Gasteiger partial charge on any atom is -0.352 e. The van der Waals surface area contributed by atoms with E-state index in [0.717, 1.165) is 18.4 Å². The van der Waals surface area contributed by atoms with Crippen LogP contribution in [-0.4, -0.2) is 18.5 Å². The van der Waals surface area contributed by atoms with E-state index in [1.54, 1.807) is 12.1 Å². The molecule has 6 N–H and O–H groups in total. The molecule has 0 aromatic heterocycles. The Morgan fingerprint density at radius 1 is 1.08 bits per heavy atom. The van der Waals surface area contributed by atoms with E-state index in [1.807, 2.05) is 12.1 Å². The standard InChI is InChI=1S/C17H26N4O2.ClH/c18-12-17(8-2-1-3-9-17)10-15(22)20-11-13-4-6-14(7-5-13)21-16(19)23;/h4-7H,1-3,8-12,18H2,(H,20,22)(H3,19,21,23);1H. The predicted octanol–water partition coefficient (Wildman–Crippen LogP) is 2.51. The van der Waals surface area contributed by atoms with Gasteiger partial charge in [0.05, 0.1) is 0 Å². The van der Waals surface area contributed by atoms with E-state index in [-0.39, 0.29) is 23.7 Å². The van der Waals surface area contributed by atoms with Crippen LogP contribution in [0.5, 0.6) is 0 Å². The van der Waals surface area contributed by atoms with Crippen molar-refractivity contribution >= 4 is 30.0 Å². The molecular formula is C17H27ClN4O2. The number of benzene rings is 1. The third kappa shape index (κ3) is 6.02. The first kappa shape index (κ1) is 20.3. The Balaban J connectivity index is 0.00000288. The Bertz CT molecular complexity index is 542. The summed E-state index contributed by atoms with van der Waals surface area (Å²) in [7, 11) is 0. The molecule has 0 spiro atoms. The molecule has 0 radical (unpaired) electrons. The maximum atomic E-state index is 12.2. The lowest BCUT2D eigenvalue weighted by Gasteiger charge is -2.35. The predicted molar refractivity (Wildman–Crippen MR) is 97.9 cm³/mol. The number of nitrogens with one attached hydrogen (secondary N) is 2. The molecule has 0 saturated heterocycles. The van der Waals surface area contributed by atoms with Crippen LogP contribution < -0.4 is 22.1 Å². The summed E-state index contributed by atoms with van der Waals surface area (Å²) in [6, 6.07) is 6.63. The highest BCUT2D eigenvalue weighted by molar-refractivity contribution is 5.87. The van der Waals surface area contributed by atoms with Gasteiger partial charge < -0.3 is 22.1 Å². The van der Waals surface area contributed by atoms with Crippen molar-refractivity contribution in [3.63, 3.8) is 0 Å². The zero-order valence-electron chi connectivity index (χ0n) is 13.8. The van der Waals surface area contributed by atoms with Crippen LogP contribution in [0.4, 0.5) is 10.5 Å². The number of carbonyl (C=O) groups excluding carboxylic acids is 2. The van der Waals surface area contributed by atoms with Gasteiger partial charge in [0.15, 0.2) is 0 Å². The highest BCUT2D eigenvalue weighted by Crippen LogP contribution is 2.38. The van der Waals surface area contributed by atoms with Gasteiger partial charge in [-0.1, -0.05) is 31.4 Å². The fourth-order valence-corrected chi connectivity index (χ4v) is 3.21. The van der Waals surface area contributed by atoms with Gasteiger partial charge in [0, 0.05) is 18.7 Å². The van der Waals surface area contributed by atoms with E-state index >= 15 is 0 Å². The zero-order chi connectivity index (χ0) is 16.7. The van der Waals surface area contributed by atoms with Crippen molar-refractivity contribution in [1.82, 2.24) is 5.32 Å². The number of rotatable bonds is 6. The number of hydrogen-bond acceptors (Lipinski definition) is 3. The van der Waals surface area contributed by atoms with Crippen LogP contribution in [0.2, 0.25) is 0 Å². The van der Waals surface area contributed by atoms with E-state index < -0.39 is 6.03 Å². The van der Waals surface area contributed by atoms with Crippen LogP contribution in [0.25, 0.3) is 0 Å². The van der Waals surface area contributed by atoms with Gasteiger partial charge in [-0.25, -0.2) is 4.79 Å². The highest BCUT2D eigenvalue weighted by atomic mass is 35.5. The quantitative estimate of drug-likeness (QED) is 0.629. The number of primary amides is 1. The largest absolute Gasteiger partial charge is 0.352 e. The van der Waals surface area contributed by atoms with Gasteiger partial charge in [0.2, 0.25) is 5.91 Å². The lowest BCUT2D eigenvalue weighted by Crippen LogP contribution is -2.38. The molecular weight excluding hydrogens is 328 g/mol. The van der Waals surface area contributed by atoms with E-state index in [9.17, 15) is 9.59 Å². The lowest BCUT2D eigenvalue weighted by atomic mass is 9.71. The molecule has 1 aliphatic carbocycles. The Labute approximate surface area is 149 Å². The SMILES string of the molecule is Cl.NCC1(CC(=O)NCc2ccc(NC(N)=O)cc2)CCCCC1. The van der Waals surface area contributed by atoms with Crippen LogP contribution in [-0.2, 0) is 11.3 Å². The maximum absolute atomic E-state index is 12.2. The Morgan fingerprint density at radius 2 is 1.71 bits per heavy atom. The molecule has 2 rings (SSSR count). The molecule has 1 saturated carbocycles. The summed E-state index contributed by atoms with van der Waals surface area (Å²) in [5.74, 6) is 0.0525. The fourth-order valence-electron chi connectivity index (χ4n) is 3.21. The van der Waals surface area contributed by atoms with Crippen LogP contribution in [0.1, 0.15) is 44.1 Å². The molecule has 3 amide bonds. The van der Waals surface area contributed by atoms with Gasteiger partial charge in [0.25, 0.3) is 0 Å². The summed E-state index contributed by atoms with van der Waals surface area (Å²) < 4.78 is 0. The van der Waals surface area contributed by atoms with Crippen molar-refractivity contribution in [3.8, 4) is 0 Å². The van der Waals surface area contributed by atoms with Gasteiger partial charge in [-0.05, 0) is 42.5 Å². The molecule has 1 aromatic carbocycles. The number of halogens is 1. The Morgan fingerprint density at radius 3 is 2.25 bits per heavy atom. The summed E-state index contributed by atoms with van der Waals surface area (Å²) in [6.45, 7) is 1.05. The smallest absolute Gasteiger partial charge is 0.316 e. The second kappa shape index (κ2) is 9.49. The molecule has 0 heterocycles. The monoisotopic (exact) mass is 354 g/mol. The molecule has 1 aliphatic rings.